The summed E-state index contributed by atoms with van der Waals surface area (Å²) in [5, 5.41) is 9.24. The van der Waals surface area contributed by atoms with Crippen LogP contribution in [0.2, 0.25) is 5.02 Å². The van der Waals surface area contributed by atoms with Gasteiger partial charge in [0.1, 0.15) is 18.2 Å². The molecule has 1 N–H and O–H groups in total. The van der Waals surface area contributed by atoms with Crippen LogP contribution >= 0.6 is 11.6 Å². The van der Waals surface area contributed by atoms with Crippen molar-refractivity contribution in [3.05, 3.63) is 94.1 Å². The Kier molecular flexibility index (Phi) is 8.41. The molecule has 0 amide bonds. The highest BCUT2D eigenvalue weighted by Gasteiger charge is 2.31. The van der Waals surface area contributed by atoms with E-state index in [1.807, 2.05) is 62.4 Å². The summed E-state index contributed by atoms with van der Waals surface area (Å²) in [4.78, 5) is 22.3. The van der Waals surface area contributed by atoms with Crippen molar-refractivity contribution in [2.45, 2.75) is 39.5 Å². The van der Waals surface area contributed by atoms with Gasteiger partial charge in [0.05, 0.1) is 27.9 Å². The van der Waals surface area contributed by atoms with Crippen molar-refractivity contribution >= 4 is 23.4 Å². The molecule has 6 nitrogen and oxygen atoms in total. The van der Waals surface area contributed by atoms with Gasteiger partial charge in [-0.2, -0.15) is 13.2 Å². The number of rotatable bonds is 7. The highest BCUT2D eigenvalue weighted by atomic mass is 35.5. The standard InChI is InChI=1S/C32H29ClF3N3O3/c1-19-6-9-28(25(14-19)27-4-3-5-29(38-27)39-12-10-21(11-13-39)31(40)41)42-18-23-8-7-22(15-20(23)2)30-26(33)16-24(17-37-30)32(34,35)36/h3-9,14-17,21H,10-13,18H2,1-2H3,(H,40,41). The summed E-state index contributed by atoms with van der Waals surface area (Å²) in [5.41, 5.74) is 4.41. The topological polar surface area (TPSA) is 75.5 Å². The van der Waals surface area contributed by atoms with Gasteiger partial charge in [0.25, 0.3) is 0 Å². The molecule has 5 rings (SSSR count). The monoisotopic (exact) mass is 595 g/mol. The number of hydrogen-bond acceptors (Lipinski definition) is 5. The Balaban J connectivity index is 1.34. The number of nitrogens with zero attached hydrogens (tertiary/aromatic N) is 3. The molecule has 1 fully saturated rings. The van der Waals surface area contributed by atoms with Crippen LogP contribution in [0.1, 0.15) is 35.1 Å². The van der Waals surface area contributed by atoms with Crippen LogP contribution in [0.15, 0.2) is 66.9 Å². The van der Waals surface area contributed by atoms with E-state index in [-0.39, 0.29) is 23.2 Å². The number of carboxylic acids is 1. The third-order valence-corrected chi connectivity index (χ3v) is 7.77. The Labute approximate surface area is 246 Å². The van der Waals surface area contributed by atoms with E-state index < -0.39 is 17.7 Å². The van der Waals surface area contributed by atoms with Crippen molar-refractivity contribution in [1.29, 1.82) is 0 Å². The average Bonchev–Trinajstić information content (AvgIpc) is 2.96. The molecule has 1 saturated heterocycles. The number of piperidine rings is 1. The lowest BCUT2D eigenvalue weighted by atomic mass is 9.97. The zero-order chi connectivity index (χ0) is 30.0. The summed E-state index contributed by atoms with van der Waals surface area (Å²) >= 11 is 6.15. The van der Waals surface area contributed by atoms with E-state index in [2.05, 4.69) is 9.88 Å². The first kappa shape index (κ1) is 29.4. The van der Waals surface area contributed by atoms with E-state index in [0.29, 0.717) is 37.2 Å². The zero-order valence-electron chi connectivity index (χ0n) is 23.1. The highest BCUT2D eigenvalue weighted by Crippen LogP contribution is 2.36. The molecule has 2 aromatic carbocycles. The highest BCUT2D eigenvalue weighted by molar-refractivity contribution is 6.33. The SMILES string of the molecule is Cc1ccc(OCc2ccc(-c3ncc(C(F)(F)F)cc3Cl)cc2C)c(-c2cccc(N3CCC(C(=O)O)CC3)n2)c1. The maximum Gasteiger partial charge on any atom is 0.417 e. The average molecular weight is 596 g/mol. The molecule has 3 heterocycles. The van der Waals surface area contributed by atoms with Crippen molar-refractivity contribution in [1.82, 2.24) is 9.97 Å². The van der Waals surface area contributed by atoms with Crippen molar-refractivity contribution in [3.63, 3.8) is 0 Å². The third kappa shape index (κ3) is 6.51. The maximum absolute atomic E-state index is 13.0. The fraction of sp³-hybridized carbons (Fsp3) is 0.281. The van der Waals surface area contributed by atoms with Gasteiger partial charge >= 0.3 is 12.1 Å². The molecule has 0 aliphatic carbocycles. The molecule has 0 atom stereocenters. The Morgan fingerprint density at radius 3 is 2.50 bits per heavy atom. The zero-order valence-corrected chi connectivity index (χ0v) is 23.8. The minimum Gasteiger partial charge on any atom is -0.488 e. The number of aryl methyl sites for hydroxylation is 2. The van der Waals surface area contributed by atoms with Gasteiger partial charge in [0.2, 0.25) is 0 Å². The van der Waals surface area contributed by atoms with E-state index in [1.165, 1.54) is 0 Å². The van der Waals surface area contributed by atoms with Crippen LogP contribution in [0.25, 0.3) is 22.5 Å². The number of carbonyl (C=O) groups is 1. The molecule has 1 aliphatic rings. The lowest BCUT2D eigenvalue weighted by Gasteiger charge is -2.31. The predicted molar refractivity (Wildman–Crippen MR) is 156 cm³/mol. The van der Waals surface area contributed by atoms with Gasteiger partial charge < -0.3 is 14.7 Å². The van der Waals surface area contributed by atoms with Gasteiger partial charge in [-0.3, -0.25) is 9.78 Å². The van der Waals surface area contributed by atoms with Crippen LogP contribution in [0, 0.1) is 19.8 Å². The second kappa shape index (κ2) is 12.0. The number of ether oxygens (including phenoxy) is 1. The van der Waals surface area contributed by atoms with Gasteiger partial charge in [0.15, 0.2) is 0 Å². The second-order valence-corrected chi connectivity index (χ2v) is 10.9. The molecular weight excluding hydrogens is 567 g/mol. The first-order valence-electron chi connectivity index (χ1n) is 13.5. The van der Waals surface area contributed by atoms with E-state index in [4.69, 9.17) is 21.3 Å². The summed E-state index contributed by atoms with van der Waals surface area (Å²) in [5.74, 6) is 0.390. The molecule has 0 radical (unpaired) electrons. The van der Waals surface area contributed by atoms with Gasteiger partial charge in [-0.1, -0.05) is 41.4 Å². The number of pyridine rings is 2. The number of alkyl halides is 3. The molecule has 1 aliphatic heterocycles. The molecule has 218 valence electrons. The van der Waals surface area contributed by atoms with Crippen LogP contribution in [0.3, 0.4) is 0 Å². The minimum absolute atomic E-state index is 0.0708. The summed E-state index contributed by atoms with van der Waals surface area (Å²) < 4.78 is 45.3. The Bertz CT molecular complexity index is 1620. The first-order chi connectivity index (χ1) is 20.0. The van der Waals surface area contributed by atoms with Crippen molar-refractivity contribution < 1.29 is 27.8 Å². The van der Waals surface area contributed by atoms with Crippen molar-refractivity contribution in [3.8, 4) is 28.3 Å². The molecule has 0 bridgehead atoms. The normalized spacial score (nSPS) is 14.2. The molecule has 0 unspecified atom stereocenters. The predicted octanol–water partition coefficient (Wildman–Crippen LogP) is 7.98. The quantitative estimate of drug-likeness (QED) is 0.233. The van der Waals surface area contributed by atoms with Crippen molar-refractivity contribution in [2.24, 2.45) is 5.92 Å². The Morgan fingerprint density at radius 1 is 1.07 bits per heavy atom. The summed E-state index contributed by atoms with van der Waals surface area (Å²) in [6.07, 6.45) is -2.57. The Morgan fingerprint density at radius 2 is 1.83 bits per heavy atom. The molecule has 10 heteroatoms. The number of benzene rings is 2. The molecule has 0 saturated carbocycles. The van der Waals surface area contributed by atoms with Gasteiger partial charge in [-0.25, -0.2) is 4.98 Å². The molecule has 0 spiro atoms. The number of aliphatic carboxylic acids is 1. The molecule has 4 aromatic rings. The fourth-order valence-electron chi connectivity index (χ4n) is 5.04. The number of carboxylic acid groups (broad SMARTS) is 1. The van der Waals surface area contributed by atoms with Crippen LogP contribution in [-0.2, 0) is 17.6 Å². The van der Waals surface area contributed by atoms with Gasteiger partial charge in [0, 0.05) is 30.4 Å². The van der Waals surface area contributed by atoms with E-state index in [9.17, 15) is 23.1 Å². The first-order valence-corrected chi connectivity index (χ1v) is 13.9. The lowest BCUT2D eigenvalue weighted by molar-refractivity contribution is -0.142. The third-order valence-electron chi connectivity index (χ3n) is 7.48. The number of aromatic nitrogens is 2. The van der Waals surface area contributed by atoms with Crippen LogP contribution in [0.4, 0.5) is 19.0 Å². The number of halogens is 4. The summed E-state index contributed by atoms with van der Waals surface area (Å²) in [6, 6.07) is 18.0. The fourth-order valence-corrected chi connectivity index (χ4v) is 5.32. The van der Waals surface area contributed by atoms with E-state index in [1.54, 1.807) is 6.07 Å². The van der Waals surface area contributed by atoms with Crippen LogP contribution in [0.5, 0.6) is 5.75 Å². The van der Waals surface area contributed by atoms with Crippen molar-refractivity contribution in [2.75, 3.05) is 18.0 Å². The Hall–Kier alpha value is -4.11. The van der Waals surface area contributed by atoms with E-state index in [0.717, 1.165) is 46.0 Å². The van der Waals surface area contributed by atoms with Crippen LogP contribution < -0.4 is 9.64 Å². The number of hydrogen-bond donors (Lipinski definition) is 1. The maximum atomic E-state index is 13.0. The van der Waals surface area contributed by atoms with Crippen LogP contribution in [-0.4, -0.2) is 34.1 Å². The number of anilines is 1. The summed E-state index contributed by atoms with van der Waals surface area (Å²) in [7, 11) is 0. The summed E-state index contributed by atoms with van der Waals surface area (Å²) in [6.45, 7) is 5.42. The van der Waals surface area contributed by atoms with E-state index >= 15 is 0 Å². The van der Waals surface area contributed by atoms with Gasteiger partial charge in [-0.15, -0.1) is 0 Å². The molecule has 42 heavy (non-hydrogen) atoms. The molecule has 2 aromatic heterocycles. The second-order valence-electron chi connectivity index (χ2n) is 10.5. The molecular formula is C32H29ClF3N3O3. The smallest absolute Gasteiger partial charge is 0.417 e. The lowest BCUT2D eigenvalue weighted by Crippen LogP contribution is -2.36. The largest absolute Gasteiger partial charge is 0.488 e. The minimum atomic E-state index is -4.52. The van der Waals surface area contributed by atoms with Gasteiger partial charge in [-0.05, 0) is 74.2 Å².